The molecule has 0 saturated carbocycles. The highest BCUT2D eigenvalue weighted by molar-refractivity contribution is 14.0. The van der Waals surface area contributed by atoms with E-state index in [1.165, 1.54) is 0 Å². The maximum absolute atomic E-state index is 5.84. The van der Waals surface area contributed by atoms with Crippen molar-refractivity contribution in [3.63, 3.8) is 0 Å². The van der Waals surface area contributed by atoms with E-state index in [9.17, 15) is 0 Å². The van der Waals surface area contributed by atoms with Crippen LogP contribution in [0, 0.1) is 12.3 Å². The van der Waals surface area contributed by atoms with E-state index in [4.69, 9.17) is 15.9 Å². The molecule has 2 N–H and O–H groups in total. The van der Waals surface area contributed by atoms with Crippen molar-refractivity contribution >= 4 is 29.9 Å². The molecule has 6 heteroatoms. The number of halogens is 1. The molecular weight excluding hydrogens is 393 g/mol. The molecule has 5 nitrogen and oxygen atoms in total. The molecule has 1 rings (SSSR count). The summed E-state index contributed by atoms with van der Waals surface area (Å²) in [6, 6.07) is 7.55. The summed E-state index contributed by atoms with van der Waals surface area (Å²) in [5.41, 5.74) is 0. The van der Waals surface area contributed by atoms with Crippen LogP contribution in [0.5, 0.6) is 11.5 Å². The highest BCUT2D eigenvalue weighted by Crippen LogP contribution is 2.26. The summed E-state index contributed by atoms with van der Waals surface area (Å²) in [7, 11) is 1.62. The van der Waals surface area contributed by atoms with E-state index in [2.05, 4.69) is 21.5 Å². The minimum Gasteiger partial charge on any atom is -0.493 e. The smallest absolute Gasteiger partial charge is 0.192 e. The zero-order chi connectivity index (χ0) is 15.5. The van der Waals surface area contributed by atoms with E-state index in [0.29, 0.717) is 30.5 Å². The molecule has 0 aliphatic rings. The molecular formula is C16H24IN3O2. The molecule has 0 saturated heterocycles. The molecule has 0 fully saturated rings. The van der Waals surface area contributed by atoms with Crippen LogP contribution >= 0.6 is 24.0 Å². The molecule has 1 aromatic rings. The second kappa shape index (κ2) is 12.0. The molecule has 0 aliphatic heterocycles. The molecule has 122 valence electrons. The Morgan fingerprint density at radius 1 is 1.32 bits per heavy atom. The number of terminal acetylenes is 1. The molecule has 0 radical (unpaired) electrons. The molecule has 0 spiro atoms. The minimum atomic E-state index is -0.0809. The molecule has 0 aliphatic carbocycles. The van der Waals surface area contributed by atoms with Gasteiger partial charge in [0, 0.05) is 6.54 Å². The van der Waals surface area contributed by atoms with Crippen molar-refractivity contribution in [2.45, 2.75) is 20.0 Å². The van der Waals surface area contributed by atoms with Crippen molar-refractivity contribution in [2.24, 2.45) is 4.99 Å². The van der Waals surface area contributed by atoms with Gasteiger partial charge in [-0.05, 0) is 26.0 Å². The summed E-state index contributed by atoms with van der Waals surface area (Å²) in [6.45, 7) is 5.69. The first kappa shape index (κ1) is 20.4. The fourth-order valence-electron chi connectivity index (χ4n) is 1.67. The van der Waals surface area contributed by atoms with E-state index >= 15 is 0 Å². The summed E-state index contributed by atoms with van der Waals surface area (Å²) in [5, 5.41) is 6.16. The van der Waals surface area contributed by atoms with Crippen LogP contribution < -0.4 is 20.1 Å². The second-order valence-electron chi connectivity index (χ2n) is 4.36. The Labute approximate surface area is 149 Å². The van der Waals surface area contributed by atoms with Gasteiger partial charge in [0.2, 0.25) is 0 Å². The zero-order valence-electron chi connectivity index (χ0n) is 13.3. The van der Waals surface area contributed by atoms with Crippen LogP contribution in [0.1, 0.15) is 13.8 Å². The normalized spacial score (nSPS) is 11.6. The number of hydrogen-bond donors (Lipinski definition) is 2. The highest BCUT2D eigenvalue weighted by atomic mass is 127. The zero-order valence-corrected chi connectivity index (χ0v) is 15.6. The first-order chi connectivity index (χ1) is 10.2. The summed E-state index contributed by atoms with van der Waals surface area (Å²) < 4.78 is 11.1. The Morgan fingerprint density at radius 2 is 2.00 bits per heavy atom. The van der Waals surface area contributed by atoms with Crippen molar-refractivity contribution in [1.82, 2.24) is 10.6 Å². The Bertz CT molecular complexity index is 500. The van der Waals surface area contributed by atoms with Crippen LogP contribution in [0.15, 0.2) is 29.3 Å². The highest BCUT2D eigenvalue weighted by Gasteiger charge is 2.08. The maximum Gasteiger partial charge on any atom is 0.192 e. The van der Waals surface area contributed by atoms with Crippen molar-refractivity contribution in [3.8, 4) is 23.8 Å². The average molecular weight is 417 g/mol. The fourth-order valence-corrected chi connectivity index (χ4v) is 1.67. The fraction of sp³-hybridized carbons (Fsp3) is 0.438. The number of nitrogens with one attached hydrogen (secondary N) is 2. The number of hydrogen-bond acceptors (Lipinski definition) is 3. The largest absolute Gasteiger partial charge is 0.493 e. The monoisotopic (exact) mass is 417 g/mol. The molecule has 0 aromatic heterocycles. The van der Waals surface area contributed by atoms with Crippen LogP contribution in [-0.2, 0) is 0 Å². The Balaban J connectivity index is 0.00000441. The Kier molecular flexibility index (Phi) is 11.1. The lowest BCUT2D eigenvalue weighted by Crippen LogP contribution is -2.38. The van der Waals surface area contributed by atoms with Crippen LogP contribution in [0.4, 0.5) is 0 Å². The average Bonchev–Trinajstić information content (AvgIpc) is 2.50. The third-order valence-electron chi connectivity index (χ3n) is 2.61. The number of para-hydroxylation sites is 2. The van der Waals surface area contributed by atoms with E-state index in [0.717, 1.165) is 6.54 Å². The van der Waals surface area contributed by atoms with E-state index < -0.39 is 0 Å². The number of benzene rings is 1. The van der Waals surface area contributed by atoms with E-state index in [-0.39, 0.29) is 30.1 Å². The van der Waals surface area contributed by atoms with Gasteiger partial charge in [-0.25, -0.2) is 4.99 Å². The number of nitrogens with zero attached hydrogens (tertiary/aromatic N) is 1. The second-order valence-corrected chi connectivity index (χ2v) is 4.36. The first-order valence-electron chi connectivity index (χ1n) is 6.96. The van der Waals surface area contributed by atoms with Gasteiger partial charge < -0.3 is 20.1 Å². The van der Waals surface area contributed by atoms with Gasteiger partial charge in [-0.3, -0.25) is 0 Å². The Morgan fingerprint density at radius 3 is 2.59 bits per heavy atom. The molecule has 1 unspecified atom stereocenters. The summed E-state index contributed by atoms with van der Waals surface area (Å²) in [4.78, 5) is 4.44. The van der Waals surface area contributed by atoms with E-state index in [1.54, 1.807) is 7.11 Å². The van der Waals surface area contributed by atoms with Gasteiger partial charge in [0.05, 0.1) is 20.2 Å². The molecule has 22 heavy (non-hydrogen) atoms. The third kappa shape index (κ3) is 7.41. The maximum atomic E-state index is 5.84. The molecule has 1 atom stereocenters. The van der Waals surface area contributed by atoms with Gasteiger partial charge >= 0.3 is 0 Å². The molecule has 0 amide bonds. The van der Waals surface area contributed by atoms with Gasteiger partial charge in [0.25, 0.3) is 0 Å². The third-order valence-corrected chi connectivity index (χ3v) is 2.61. The van der Waals surface area contributed by atoms with Gasteiger partial charge in [0.1, 0.15) is 6.10 Å². The predicted molar refractivity (Wildman–Crippen MR) is 101 cm³/mol. The van der Waals surface area contributed by atoms with Crippen LogP contribution in [0.3, 0.4) is 0 Å². The van der Waals surface area contributed by atoms with Crippen molar-refractivity contribution in [2.75, 3.05) is 26.7 Å². The van der Waals surface area contributed by atoms with E-state index in [1.807, 2.05) is 38.1 Å². The molecule has 0 heterocycles. The number of guanidine groups is 1. The summed E-state index contributed by atoms with van der Waals surface area (Å²) in [5.74, 6) is 4.63. The lowest BCUT2D eigenvalue weighted by atomic mass is 10.3. The summed E-state index contributed by atoms with van der Waals surface area (Å²) in [6.07, 6.45) is 5.15. The first-order valence-corrected chi connectivity index (χ1v) is 6.96. The number of aliphatic imine (C=N–C) groups is 1. The molecule has 0 bridgehead atoms. The van der Waals surface area contributed by atoms with Crippen LogP contribution in [0.25, 0.3) is 0 Å². The van der Waals surface area contributed by atoms with Crippen molar-refractivity contribution in [1.29, 1.82) is 0 Å². The van der Waals surface area contributed by atoms with Crippen molar-refractivity contribution in [3.05, 3.63) is 24.3 Å². The van der Waals surface area contributed by atoms with Gasteiger partial charge in [-0.2, -0.15) is 0 Å². The molecule has 1 aromatic carbocycles. The number of methoxy groups -OCH3 is 1. The number of rotatable bonds is 7. The predicted octanol–water partition coefficient (Wildman–Crippen LogP) is 2.27. The van der Waals surface area contributed by atoms with Gasteiger partial charge in [-0.15, -0.1) is 30.4 Å². The van der Waals surface area contributed by atoms with Crippen LogP contribution in [0.2, 0.25) is 0 Å². The van der Waals surface area contributed by atoms with Gasteiger partial charge in [-0.1, -0.05) is 18.1 Å². The quantitative estimate of drug-likeness (QED) is 0.310. The summed E-state index contributed by atoms with van der Waals surface area (Å²) >= 11 is 0. The Hall–Kier alpha value is -1.62. The van der Waals surface area contributed by atoms with Crippen LogP contribution in [-0.4, -0.2) is 38.8 Å². The van der Waals surface area contributed by atoms with Crippen molar-refractivity contribution < 1.29 is 9.47 Å². The number of ether oxygens (including phenoxy) is 2. The topological polar surface area (TPSA) is 54.9 Å². The minimum absolute atomic E-state index is 0. The lowest BCUT2D eigenvalue weighted by Gasteiger charge is -2.16. The lowest BCUT2D eigenvalue weighted by molar-refractivity contribution is 0.219. The SMILES string of the molecule is C#CCNC(=NCC(C)Oc1ccccc1OC)NCC.I. The standard InChI is InChI=1S/C16H23N3O2.HI/c1-5-11-18-16(17-6-2)19-12-13(3)21-15-10-8-7-9-14(15)20-4;/h1,7-10,13H,6,11-12H2,2-4H3,(H2,17,18,19);1H. The van der Waals surface area contributed by atoms with Gasteiger partial charge in [0.15, 0.2) is 17.5 Å².